The Bertz CT molecular complexity index is 2600. The highest BCUT2D eigenvalue weighted by Crippen LogP contribution is 2.32. The molecule has 5 unspecified atom stereocenters. The van der Waals surface area contributed by atoms with Gasteiger partial charge in [-0.1, -0.05) is 303 Å². The molecule has 8 heteroatoms. The van der Waals surface area contributed by atoms with E-state index < -0.39 is 18.4 Å². The van der Waals surface area contributed by atoms with Crippen LogP contribution in [0, 0.1) is 0 Å². The van der Waals surface area contributed by atoms with Gasteiger partial charge in [-0.25, -0.2) is 4.79 Å². The summed E-state index contributed by atoms with van der Waals surface area (Å²) in [6.45, 7) is 52.1. The lowest BCUT2D eigenvalue weighted by molar-refractivity contribution is 0.0600. The summed E-state index contributed by atoms with van der Waals surface area (Å²) in [5, 5.41) is 11.0. The molecule has 4 nitrogen and oxygen atoms in total. The first-order chi connectivity index (χ1) is 42.6. The van der Waals surface area contributed by atoms with Gasteiger partial charge in [0.05, 0.1) is 22.7 Å². The number of aliphatic hydroxyl groups is 1. The highest BCUT2D eigenvalue weighted by Gasteiger charge is 2.18. The Morgan fingerprint density at radius 3 is 1.40 bits per heavy atom. The van der Waals surface area contributed by atoms with Gasteiger partial charge < -0.3 is 9.84 Å². The maximum absolute atomic E-state index is 11.5. The topological polar surface area (TPSA) is 63.6 Å². The minimum atomic E-state index is -0.565. The van der Waals surface area contributed by atoms with E-state index in [-0.39, 0.29) is 5.92 Å². The van der Waals surface area contributed by atoms with Crippen LogP contribution in [-0.2, 0) is 23.0 Å². The Labute approximate surface area is 572 Å². The van der Waals surface area contributed by atoms with E-state index in [1.54, 1.807) is 28.8 Å². The van der Waals surface area contributed by atoms with Gasteiger partial charge in [0.25, 0.3) is 0 Å². The van der Waals surface area contributed by atoms with Gasteiger partial charge in [-0.3, -0.25) is 4.79 Å². The molecule has 0 saturated carbocycles. The van der Waals surface area contributed by atoms with Crippen LogP contribution >= 0.6 is 50.7 Å². The summed E-state index contributed by atoms with van der Waals surface area (Å²) in [4.78, 5) is 23.1. The van der Waals surface area contributed by atoms with Gasteiger partial charge in [0.2, 0.25) is 0 Å². The van der Waals surface area contributed by atoms with Crippen molar-refractivity contribution in [2.75, 3.05) is 13.7 Å². The molecule has 6 aromatic rings. The second-order valence-electron chi connectivity index (χ2n) is 21.0. The SMILES string of the molecule is CC.CC.CC.CC.CC.CC.CCC(C)(C)c1ccccc1.CCC(C)c1cc(C(=O)CO)cc(C(=O)OC)c1.CCC(C)c1ccc(Cl)c(Cl)c1.CCC(C)c1ccc(Cl)cc1.CCC(C)c1cccc(Br)c1.CCC(C)c1cccc2c1CCCC2. The van der Waals surface area contributed by atoms with Crippen molar-refractivity contribution in [1.82, 2.24) is 0 Å². The van der Waals surface area contributed by atoms with Crippen molar-refractivity contribution < 1.29 is 19.4 Å². The fourth-order valence-corrected chi connectivity index (χ4v) is 9.23. The van der Waals surface area contributed by atoms with Crippen molar-refractivity contribution in [3.05, 3.63) is 209 Å². The van der Waals surface area contributed by atoms with Crippen molar-refractivity contribution in [1.29, 1.82) is 0 Å². The van der Waals surface area contributed by atoms with Crippen molar-refractivity contribution in [3.63, 3.8) is 0 Å². The van der Waals surface area contributed by atoms with E-state index in [9.17, 15) is 9.59 Å². The molecule has 0 aromatic heterocycles. The zero-order chi connectivity index (χ0) is 69.7. The Balaban J connectivity index is -0.000000308. The number of esters is 1. The summed E-state index contributed by atoms with van der Waals surface area (Å²) in [5.74, 6) is 1.97. The highest BCUT2D eigenvalue weighted by atomic mass is 79.9. The van der Waals surface area contributed by atoms with Gasteiger partial charge in [0.15, 0.2) is 5.78 Å². The van der Waals surface area contributed by atoms with E-state index in [1.165, 1.54) is 91.3 Å². The van der Waals surface area contributed by atoms with Gasteiger partial charge >= 0.3 is 5.97 Å². The minimum absolute atomic E-state index is 0.236. The number of fused-ring (bicyclic) bond motifs is 1. The largest absolute Gasteiger partial charge is 0.465 e. The number of ketones is 1. The van der Waals surface area contributed by atoms with Gasteiger partial charge in [-0.15, -0.1) is 0 Å². The number of Topliss-reactive ketones (excluding diaryl/α,β-unsaturated/α-hetero) is 1. The second-order valence-corrected chi connectivity index (χ2v) is 23.2. The molecule has 504 valence electrons. The Morgan fingerprint density at radius 1 is 0.494 bits per heavy atom. The highest BCUT2D eigenvalue weighted by molar-refractivity contribution is 9.10. The molecule has 0 aliphatic heterocycles. The fraction of sp³-hybridized carbons (Fsp3) is 0.531. The molecule has 1 aliphatic rings. The number of aliphatic hydroxyl groups excluding tert-OH is 1. The quantitative estimate of drug-likeness (QED) is 0.0822. The molecule has 7 rings (SSSR count). The maximum Gasteiger partial charge on any atom is 0.337 e. The van der Waals surface area contributed by atoms with Crippen LogP contribution in [0.15, 0.2) is 138 Å². The first-order valence-corrected chi connectivity index (χ1v) is 36.1. The molecule has 5 atom stereocenters. The molecular weight excluding hydrogens is 1220 g/mol. The lowest BCUT2D eigenvalue weighted by atomic mass is 9.82. The normalized spacial score (nSPS) is 12.0. The number of carbonyl (C=O) groups excluding carboxylic acids is 2. The zero-order valence-electron chi connectivity index (χ0n) is 61.1. The molecule has 0 spiro atoms. The van der Waals surface area contributed by atoms with Crippen LogP contribution in [0.5, 0.6) is 0 Å². The molecule has 0 heterocycles. The molecule has 0 bridgehead atoms. The van der Waals surface area contributed by atoms with Gasteiger partial charge in [-0.05, 0) is 198 Å². The zero-order valence-corrected chi connectivity index (χ0v) is 64.9. The summed E-state index contributed by atoms with van der Waals surface area (Å²) in [6, 6.07) is 44.9. The van der Waals surface area contributed by atoms with Gasteiger partial charge in [-0.2, -0.15) is 0 Å². The molecular formula is C81H128BrCl3O4. The average molecular weight is 1350 g/mol. The monoisotopic (exact) mass is 1350 g/mol. The summed E-state index contributed by atoms with van der Waals surface area (Å²) in [7, 11) is 1.30. The van der Waals surface area contributed by atoms with Crippen LogP contribution in [0.25, 0.3) is 0 Å². The third kappa shape index (κ3) is 38.4. The summed E-state index contributed by atoms with van der Waals surface area (Å²) < 4.78 is 5.84. The molecule has 0 radical (unpaired) electrons. The first-order valence-electron chi connectivity index (χ1n) is 34.1. The molecule has 1 N–H and O–H groups in total. The minimum Gasteiger partial charge on any atom is -0.465 e. The van der Waals surface area contributed by atoms with E-state index in [0.29, 0.717) is 44.3 Å². The molecule has 89 heavy (non-hydrogen) atoms. The van der Waals surface area contributed by atoms with E-state index in [2.05, 4.69) is 182 Å². The Morgan fingerprint density at radius 2 is 0.944 bits per heavy atom. The number of benzene rings is 6. The van der Waals surface area contributed by atoms with Crippen LogP contribution in [0.4, 0.5) is 0 Å². The number of carbonyl (C=O) groups is 2. The predicted octanol–water partition coefficient (Wildman–Crippen LogP) is 28.1. The van der Waals surface area contributed by atoms with Gasteiger partial charge in [0, 0.05) is 15.1 Å². The van der Waals surface area contributed by atoms with E-state index in [4.69, 9.17) is 39.9 Å². The molecule has 0 saturated heterocycles. The lowest BCUT2D eigenvalue weighted by Crippen LogP contribution is -2.14. The standard InChI is InChI=1S/C14H18O4.C14H20.C11H16.C10H13Br.C10H12Cl2.C10H13Cl.6C2H6/c1-4-9(2)10-5-11(13(16)8-15)7-12(6-10)14(17)18-3;1-3-11(2)13-10-6-8-12-7-4-5-9-14(12)13;1-4-11(2,3)10-8-6-5-7-9-10;1-3-8(2)9-5-4-6-10(11)7-9;1-3-7(2)8-4-5-9(11)10(12)6-8;1-3-8(2)9-4-6-10(11)7-5-9;6*1-2/h5-7,9,15H,4,8H2,1-3H3;6,8,10-11H,3-5,7,9H2,1-2H3;5-9H,4H2,1-3H3;4-8H,3H2,1-2H3;4-7H,3H2,1-2H3;4-8H,3H2,1-2H3;6*1-2H3. The molecule has 0 fully saturated rings. The maximum atomic E-state index is 11.5. The number of hydrogen-bond acceptors (Lipinski definition) is 4. The molecule has 6 aromatic carbocycles. The average Bonchev–Trinajstić information content (AvgIpc) is 3.09. The second kappa shape index (κ2) is 58.8. The number of halogens is 4. The Hall–Kier alpha value is -4.23. The molecule has 0 amide bonds. The summed E-state index contributed by atoms with van der Waals surface area (Å²) in [6.07, 6.45) is 12.3. The smallest absolute Gasteiger partial charge is 0.337 e. The number of hydrogen-bond donors (Lipinski definition) is 1. The number of aryl methyl sites for hydroxylation is 1. The lowest BCUT2D eigenvalue weighted by Gasteiger charge is -2.22. The van der Waals surface area contributed by atoms with Crippen molar-refractivity contribution in [3.8, 4) is 0 Å². The van der Waals surface area contributed by atoms with Crippen LogP contribution in [0.1, 0.15) is 319 Å². The van der Waals surface area contributed by atoms with E-state index in [0.717, 1.165) is 29.3 Å². The van der Waals surface area contributed by atoms with Crippen LogP contribution in [-0.4, -0.2) is 30.6 Å². The summed E-state index contributed by atoms with van der Waals surface area (Å²) in [5.41, 5.74) is 12.3. The first kappa shape index (κ1) is 93.5. The van der Waals surface area contributed by atoms with Crippen molar-refractivity contribution >= 4 is 62.5 Å². The van der Waals surface area contributed by atoms with Crippen LogP contribution in [0.2, 0.25) is 15.1 Å². The summed E-state index contributed by atoms with van der Waals surface area (Å²) >= 11 is 20.9. The third-order valence-corrected chi connectivity index (χ3v) is 16.7. The Kier molecular flexibility index (Phi) is 61.8. The van der Waals surface area contributed by atoms with Crippen LogP contribution in [0.3, 0.4) is 0 Å². The number of methoxy groups -OCH3 is 1. The predicted molar refractivity (Wildman–Crippen MR) is 406 cm³/mol. The van der Waals surface area contributed by atoms with Crippen molar-refractivity contribution in [2.24, 2.45) is 0 Å². The fourth-order valence-electron chi connectivity index (χ4n) is 8.38. The van der Waals surface area contributed by atoms with E-state index in [1.807, 2.05) is 127 Å². The van der Waals surface area contributed by atoms with Crippen molar-refractivity contribution in [2.45, 2.75) is 272 Å². The third-order valence-electron chi connectivity index (χ3n) is 15.2. The van der Waals surface area contributed by atoms with Crippen LogP contribution < -0.4 is 0 Å². The number of ether oxygens (including phenoxy) is 1. The van der Waals surface area contributed by atoms with Gasteiger partial charge in [0.1, 0.15) is 6.61 Å². The van der Waals surface area contributed by atoms with E-state index >= 15 is 0 Å². The number of rotatable bonds is 15. The molecule has 1 aliphatic carbocycles.